The third-order valence-electron chi connectivity index (χ3n) is 4.56. The highest BCUT2D eigenvalue weighted by molar-refractivity contribution is 5.94. The molecule has 1 amide bonds. The van der Waals surface area contributed by atoms with Crippen molar-refractivity contribution in [3.05, 3.63) is 59.7 Å². The number of carbonyl (C=O) groups excluding carboxylic acids is 1. The third-order valence-corrected chi connectivity index (χ3v) is 4.56. The highest BCUT2D eigenvalue weighted by Crippen LogP contribution is 2.28. The molecule has 1 aliphatic rings. The van der Waals surface area contributed by atoms with Gasteiger partial charge in [0.05, 0.1) is 5.69 Å². The number of fused-ring (bicyclic) bond motifs is 1. The lowest BCUT2D eigenvalue weighted by molar-refractivity contribution is 0.0705. The van der Waals surface area contributed by atoms with Crippen molar-refractivity contribution in [1.29, 1.82) is 0 Å². The number of nitrogens with zero attached hydrogens (tertiary/aromatic N) is 5. The minimum absolute atomic E-state index is 0.0981. The van der Waals surface area contributed by atoms with Gasteiger partial charge < -0.3 is 4.90 Å². The second-order valence-corrected chi connectivity index (χ2v) is 6.25. The summed E-state index contributed by atoms with van der Waals surface area (Å²) in [6.45, 7) is 3.47. The molecule has 122 valence electrons. The van der Waals surface area contributed by atoms with Crippen molar-refractivity contribution in [3.63, 3.8) is 0 Å². The molecule has 6 heteroatoms. The van der Waals surface area contributed by atoms with Crippen LogP contribution in [0.25, 0.3) is 5.78 Å². The van der Waals surface area contributed by atoms with Gasteiger partial charge in [-0.3, -0.25) is 4.79 Å². The Morgan fingerprint density at radius 3 is 2.92 bits per heavy atom. The molecule has 1 aromatic carbocycles. The van der Waals surface area contributed by atoms with Crippen molar-refractivity contribution in [2.45, 2.75) is 25.7 Å². The minimum Gasteiger partial charge on any atom is -0.338 e. The molecule has 0 radical (unpaired) electrons. The van der Waals surface area contributed by atoms with Gasteiger partial charge in [0.15, 0.2) is 0 Å². The monoisotopic (exact) mass is 321 g/mol. The van der Waals surface area contributed by atoms with E-state index in [2.05, 4.69) is 21.1 Å². The molecule has 0 spiro atoms. The van der Waals surface area contributed by atoms with E-state index in [1.807, 2.05) is 42.2 Å². The van der Waals surface area contributed by atoms with E-state index in [1.165, 1.54) is 6.33 Å². The zero-order valence-electron chi connectivity index (χ0n) is 13.6. The predicted molar refractivity (Wildman–Crippen MR) is 89.8 cm³/mol. The Kier molecular flexibility index (Phi) is 3.72. The van der Waals surface area contributed by atoms with Crippen LogP contribution in [0.3, 0.4) is 0 Å². The van der Waals surface area contributed by atoms with Gasteiger partial charge in [0.1, 0.15) is 6.33 Å². The van der Waals surface area contributed by atoms with E-state index in [4.69, 9.17) is 0 Å². The molecular formula is C18H19N5O. The van der Waals surface area contributed by atoms with Crippen molar-refractivity contribution in [3.8, 4) is 0 Å². The highest BCUT2D eigenvalue weighted by Gasteiger charge is 2.27. The van der Waals surface area contributed by atoms with Gasteiger partial charge in [0, 0.05) is 30.3 Å². The van der Waals surface area contributed by atoms with Crippen LogP contribution in [-0.4, -0.2) is 43.5 Å². The van der Waals surface area contributed by atoms with Crippen molar-refractivity contribution in [1.82, 2.24) is 24.5 Å². The van der Waals surface area contributed by atoms with Gasteiger partial charge in [-0.2, -0.15) is 10.1 Å². The molecule has 0 N–H and O–H groups in total. The molecule has 3 heterocycles. The van der Waals surface area contributed by atoms with Crippen LogP contribution in [0.5, 0.6) is 0 Å². The first-order chi connectivity index (χ1) is 11.7. The average molecular weight is 321 g/mol. The Balaban J connectivity index is 1.63. The first kappa shape index (κ1) is 14.8. The largest absolute Gasteiger partial charge is 0.338 e. The zero-order chi connectivity index (χ0) is 16.5. The van der Waals surface area contributed by atoms with Crippen LogP contribution < -0.4 is 0 Å². The number of rotatable bonds is 2. The number of hydrogen-bond acceptors (Lipinski definition) is 4. The number of aromatic nitrogens is 4. The lowest BCUT2D eigenvalue weighted by Gasteiger charge is -2.33. The number of likely N-dealkylation sites (tertiary alicyclic amines) is 1. The Hall–Kier alpha value is -2.76. The summed E-state index contributed by atoms with van der Waals surface area (Å²) in [4.78, 5) is 23.3. The molecule has 1 aliphatic heterocycles. The summed E-state index contributed by atoms with van der Waals surface area (Å²) in [5.41, 5.74) is 2.76. The van der Waals surface area contributed by atoms with Gasteiger partial charge in [0.2, 0.25) is 0 Å². The van der Waals surface area contributed by atoms with E-state index in [9.17, 15) is 4.79 Å². The molecule has 6 nitrogen and oxygen atoms in total. The summed E-state index contributed by atoms with van der Waals surface area (Å²) < 4.78 is 1.80. The fourth-order valence-electron chi connectivity index (χ4n) is 3.42. The van der Waals surface area contributed by atoms with Crippen molar-refractivity contribution < 1.29 is 4.79 Å². The van der Waals surface area contributed by atoms with E-state index in [1.54, 1.807) is 4.52 Å². The second kappa shape index (κ2) is 6.03. The molecule has 1 atom stereocenters. The van der Waals surface area contributed by atoms with E-state index >= 15 is 0 Å². The van der Waals surface area contributed by atoms with Gasteiger partial charge in [-0.25, -0.2) is 9.50 Å². The van der Waals surface area contributed by atoms with Crippen LogP contribution in [0.1, 0.15) is 40.5 Å². The highest BCUT2D eigenvalue weighted by atomic mass is 16.2. The smallest absolute Gasteiger partial charge is 0.253 e. The summed E-state index contributed by atoms with van der Waals surface area (Å²) in [7, 11) is 0. The first-order valence-electron chi connectivity index (χ1n) is 8.24. The van der Waals surface area contributed by atoms with E-state index in [0.29, 0.717) is 12.3 Å². The average Bonchev–Trinajstić information content (AvgIpc) is 3.09. The van der Waals surface area contributed by atoms with Crippen LogP contribution >= 0.6 is 0 Å². The fraction of sp³-hybridized carbons (Fsp3) is 0.333. The van der Waals surface area contributed by atoms with Crippen LogP contribution in [0.15, 0.2) is 42.7 Å². The van der Waals surface area contributed by atoms with Gasteiger partial charge in [-0.1, -0.05) is 18.2 Å². The summed E-state index contributed by atoms with van der Waals surface area (Å²) in [5.74, 6) is 0.967. The molecule has 3 aromatic rings. The predicted octanol–water partition coefficient (Wildman–Crippen LogP) is 2.45. The molecule has 2 aromatic heterocycles. The zero-order valence-corrected chi connectivity index (χ0v) is 13.6. The number of benzene rings is 1. The number of carbonyl (C=O) groups is 1. The Morgan fingerprint density at radius 1 is 1.25 bits per heavy atom. The molecule has 1 fully saturated rings. The molecule has 0 aliphatic carbocycles. The lowest BCUT2D eigenvalue weighted by Crippen LogP contribution is -2.39. The number of piperidine rings is 1. The SMILES string of the molecule is Cc1cc(C2CCCN(C(=O)c3ccccc3)C2)n2ncnc2n1. The summed E-state index contributed by atoms with van der Waals surface area (Å²) in [5, 5.41) is 4.30. The molecular weight excluding hydrogens is 302 g/mol. The Labute approximate surface area is 140 Å². The van der Waals surface area contributed by atoms with Crippen LogP contribution in [0, 0.1) is 6.92 Å². The molecule has 1 unspecified atom stereocenters. The van der Waals surface area contributed by atoms with Crippen LogP contribution in [0.2, 0.25) is 0 Å². The third kappa shape index (κ3) is 2.64. The maximum atomic E-state index is 12.7. The van der Waals surface area contributed by atoms with Gasteiger partial charge in [-0.15, -0.1) is 0 Å². The van der Waals surface area contributed by atoms with Crippen molar-refractivity contribution in [2.75, 3.05) is 13.1 Å². The topological polar surface area (TPSA) is 63.4 Å². The van der Waals surface area contributed by atoms with Gasteiger partial charge >= 0.3 is 0 Å². The molecule has 24 heavy (non-hydrogen) atoms. The fourth-order valence-corrected chi connectivity index (χ4v) is 3.42. The molecule has 0 bridgehead atoms. The Bertz CT molecular complexity index is 874. The number of hydrogen-bond donors (Lipinski definition) is 0. The standard InChI is InChI=1S/C18H19N5O/c1-13-10-16(23-18(21-13)19-12-20-23)15-8-5-9-22(11-15)17(24)14-6-3-2-4-7-14/h2-4,6-7,10,12,15H,5,8-9,11H2,1H3. The summed E-state index contributed by atoms with van der Waals surface area (Å²) in [6, 6.07) is 11.5. The van der Waals surface area contributed by atoms with Gasteiger partial charge in [0.25, 0.3) is 11.7 Å². The first-order valence-corrected chi connectivity index (χ1v) is 8.24. The number of aryl methyl sites for hydroxylation is 1. The van der Waals surface area contributed by atoms with Crippen molar-refractivity contribution in [2.24, 2.45) is 0 Å². The lowest BCUT2D eigenvalue weighted by atomic mass is 9.93. The minimum atomic E-state index is 0.0981. The molecule has 0 saturated carbocycles. The molecule has 4 rings (SSSR count). The normalized spacial score (nSPS) is 18.0. The number of amides is 1. The van der Waals surface area contributed by atoms with E-state index in [-0.39, 0.29) is 11.8 Å². The summed E-state index contributed by atoms with van der Waals surface area (Å²) >= 11 is 0. The van der Waals surface area contributed by atoms with E-state index in [0.717, 1.165) is 36.3 Å². The van der Waals surface area contributed by atoms with Crippen LogP contribution in [-0.2, 0) is 0 Å². The van der Waals surface area contributed by atoms with E-state index < -0.39 is 0 Å². The maximum absolute atomic E-state index is 12.7. The van der Waals surface area contributed by atoms with Crippen LogP contribution in [0.4, 0.5) is 0 Å². The Morgan fingerprint density at radius 2 is 2.08 bits per heavy atom. The maximum Gasteiger partial charge on any atom is 0.253 e. The summed E-state index contributed by atoms with van der Waals surface area (Å²) in [6.07, 6.45) is 3.55. The van der Waals surface area contributed by atoms with Gasteiger partial charge in [-0.05, 0) is 38.0 Å². The van der Waals surface area contributed by atoms with Crippen molar-refractivity contribution >= 4 is 11.7 Å². The molecule has 1 saturated heterocycles. The second-order valence-electron chi connectivity index (χ2n) is 6.25. The quantitative estimate of drug-likeness (QED) is 0.727.